The summed E-state index contributed by atoms with van der Waals surface area (Å²) in [4.78, 5) is 25.1. The van der Waals surface area contributed by atoms with Crippen molar-refractivity contribution in [1.82, 2.24) is 29.5 Å². The number of hydrogen-bond donors (Lipinski definition) is 1. The minimum atomic E-state index is 0.233. The van der Waals surface area contributed by atoms with Gasteiger partial charge in [-0.1, -0.05) is 26.5 Å². The van der Waals surface area contributed by atoms with E-state index in [0.717, 1.165) is 31.6 Å². The molecule has 2 bridgehead atoms. The van der Waals surface area contributed by atoms with Gasteiger partial charge in [0, 0.05) is 18.8 Å². The van der Waals surface area contributed by atoms with Gasteiger partial charge in [0.05, 0.1) is 24.6 Å². The molecule has 5 rings (SSSR count). The van der Waals surface area contributed by atoms with Crippen LogP contribution >= 0.6 is 0 Å². The van der Waals surface area contributed by atoms with Crippen molar-refractivity contribution in [1.29, 1.82) is 0 Å². The number of nitrogens with zero attached hydrogens (tertiary/aromatic N) is 7. The van der Waals surface area contributed by atoms with Gasteiger partial charge in [0.1, 0.15) is 29.0 Å². The third kappa shape index (κ3) is 5.07. The molecular formula is C25H32N8O. The molecule has 0 aliphatic carbocycles. The Labute approximate surface area is 200 Å². The van der Waals surface area contributed by atoms with E-state index in [1.54, 1.807) is 25.5 Å². The first-order valence-corrected chi connectivity index (χ1v) is 11.5. The van der Waals surface area contributed by atoms with E-state index in [1.807, 2.05) is 31.4 Å². The van der Waals surface area contributed by atoms with Crippen molar-refractivity contribution in [3.05, 3.63) is 37.5 Å². The normalized spacial score (nSPS) is 18.9. The van der Waals surface area contributed by atoms with Crippen LogP contribution in [0.4, 0.5) is 11.8 Å². The van der Waals surface area contributed by atoms with Gasteiger partial charge in [-0.3, -0.25) is 4.57 Å². The van der Waals surface area contributed by atoms with Crippen LogP contribution in [0.2, 0.25) is 0 Å². The highest BCUT2D eigenvalue weighted by molar-refractivity contribution is 5.89. The number of imidazole rings is 1. The summed E-state index contributed by atoms with van der Waals surface area (Å²) < 4.78 is 7.89. The van der Waals surface area contributed by atoms with E-state index >= 15 is 0 Å². The topological polar surface area (TPSA) is 108 Å². The zero-order valence-corrected chi connectivity index (χ0v) is 20.3. The van der Waals surface area contributed by atoms with Crippen molar-refractivity contribution >= 4 is 28.6 Å². The Bertz CT molecular complexity index is 1180. The van der Waals surface area contributed by atoms with Crippen LogP contribution < -0.4 is 10.6 Å². The summed E-state index contributed by atoms with van der Waals surface area (Å²) in [7, 11) is 0. The number of anilines is 2. The molecule has 9 heteroatoms. The van der Waals surface area contributed by atoms with Gasteiger partial charge in [-0.05, 0) is 32.8 Å². The largest absolute Gasteiger partial charge is 0.382 e. The average molecular weight is 461 g/mol. The zero-order valence-electron chi connectivity index (χ0n) is 20.3. The number of fused-ring (bicyclic) bond motifs is 3. The second-order valence-electron chi connectivity index (χ2n) is 7.55. The number of nitrogens with two attached hydrogens (primary N) is 1. The molecule has 0 saturated carbocycles. The molecule has 5 heterocycles. The summed E-state index contributed by atoms with van der Waals surface area (Å²) in [6.07, 6.45) is 15.8. The summed E-state index contributed by atoms with van der Waals surface area (Å²) in [6.45, 7) is 13.1. The summed E-state index contributed by atoms with van der Waals surface area (Å²) in [5, 5.41) is 0. The summed E-state index contributed by atoms with van der Waals surface area (Å²) in [6, 6.07) is 0. The van der Waals surface area contributed by atoms with Crippen molar-refractivity contribution in [3.63, 3.8) is 0 Å². The molecule has 9 nitrogen and oxygen atoms in total. The number of aromatic nitrogens is 6. The van der Waals surface area contributed by atoms with Crippen LogP contribution in [-0.2, 0) is 4.74 Å². The Hall–Kier alpha value is -3.77. The lowest BCUT2D eigenvalue weighted by atomic mass is 10.2. The highest BCUT2D eigenvalue weighted by Gasteiger charge is 2.35. The van der Waals surface area contributed by atoms with E-state index in [1.165, 1.54) is 6.20 Å². The van der Waals surface area contributed by atoms with Gasteiger partial charge in [0.2, 0.25) is 5.95 Å². The number of hydrogen-bond acceptors (Lipinski definition) is 8. The average Bonchev–Trinajstić information content (AvgIpc) is 3.44. The Morgan fingerprint density at radius 1 is 1.18 bits per heavy atom. The first kappa shape index (κ1) is 24.9. The van der Waals surface area contributed by atoms with E-state index in [9.17, 15) is 0 Å². The van der Waals surface area contributed by atoms with Crippen LogP contribution in [0, 0.1) is 12.3 Å². The Kier molecular flexibility index (Phi) is 8.33. The molecule has 2 aliphatic rings. The van der Waals surface area contributed by atoms with E-state index in [2.05, 4.69) is 38.8 Å². The first-order chi connectivity index (χ1) is 16.6. The molecule has 34 heavy (non-hydrogen) atoms. The predicted octanol–water partition coefficient (Wildman–Crippen LogP) is 3.95. The van der Waals surface area contributed by atoms with Crippen molar-refractivity contribution in [2.24, 2.45) is 0 Å². The quantitative estimate of drug-likeness (QED) is 0.461. The highest BCUT2D eigenvalue weighted by atomic mass is 16.5. The van der Waals surface area contributed by atoms with Crippen molar-refractivity contribution in [2.75, 3.05) is 23.7 Å². The smallest absolute Gasteiger partial charge is 0.228 e. The van der Waals surface area contributed by atoms with Crippen LogP contribution in [0.3, 0.4) is 0 Å². The fraction of sp³-hybridized carbons (Fsp3) is 0.400. The van der Waals surface area contributed by atoms with E-state index in [4.69, 9.17) is 20.4 Å². The fourth-order valence-electron chi connectivity index (χ4n) is 3.99. The molecule has 3 aromatic rings. The summed E-state index contributed by atoms with van der Waals surface area (Å²) >= 11 is 0. The van der Waals surface area contributed by atoms with Crippen LogP contribution in [-0.4, -0.2) is 54.8 Å². The first-order valence-electron chi connectivity index (χ1n) is 11.5. The second kappa shape index (κ2) is 11.4. The number of ether oxygens (including phenoxy) is 1. The van der Waals surface area contributed by atoms with Gasteiger partial charge < -0.3 is 15.4 Å². The third-order valence-electron chi connectivity index (χ3n) is 5.41. The number of terminal acetylenes is 1. The predicted molar refractivity (Wildman–Crippen MR) is 137 cm³/mol. The number of rotatable bonds is 4. The van der Waals surface area contributed by atoms with Crippen LogP contribution in [0.5, 0.6) is 0 Å². The SMILES string of the molecule is C#CC.C=C/C(=C\C)n1cnc2c(-c3cnc(N)cn3)nc(N3CC4CCC(C3)O4)nc21.CC. The van der Waals surface area contributed by atoms with Gasteiger partial charge in [-0.2, -0.15) is 4.98 Å². The van der Waals surface area contributed by atoms with E-state index in [0.29, 0.717) is 34.3 Å². The molecule has 3 aromatic heterocycles. The lowest BCUT2D eigenvalue weighted by Crippen LogP contribution is -2.43. The third-order valence-corrected chi connectivity index (χ3v) is 5.41. The molecule has 2 N–H and O–H groups in total. The molecule has 0 radical (unpaired) electrons. The lowest BCUT2D eigenvalue weighted by molar-refractivity contribution is 0.0299. The maximum Gasteiger partial charge on any atom is 0.228 e. The number of nitrogen functional groups attached to an aromatic ring is 1. The summed E-state index contributed by atoms with van der Waals surface area (Å²) in [5.74, 6) is 3.25. The number of allylic oxidation sites excluding steroid dienone is 3. The molecule has 0 aromatic carbocycles. The molecule has 0 spiro atoms. The molecule has 2 saturated heterocycles. The maximum atomic E-state index is 5.97. The second-order valence-corrected chi connectivity index (χ2v) is 7.55. The minimum absolute atomic E-state index is 0.233. The van der Waals surface area contributed by atoms with Gasteiger partial charge in [-0.15, -0.1) is 12.3 Å². The standard InChI is InChI=1S/C20H22N8O.C3H4.C2H6/c1-3-12(4-2)28-11-24-18-17(15-7-23-16(21)8-22-15)25-20(26-19(18)28)27-9-13-5-6-14(10-27)29-13;1-3-2;1-2/h3-4,7-8,11,13-14H,1,5-6,9-10H2,2H3,(H2,21,23);1H,2H3;1-2H3/b12-4+;;. The molecule has 2 unspecified atom stereocenters. The molecule has 0 amide bonds. The summed E-state index contributed by atoms with van der Waals surface area (Å²) in [5.41, 5.74) is 9.21. The van der Waals surface area contributed by atoms with Crippen molar-refractivity contribution in [2.45, 2.75) is 52.7 Å². The van der Waals surface area contributed by atoms with Crippen LogP contribution in [0.15, 0.2) is 37.5 Å². The van der Waals surface area contributed by atoms with E-state index < -0.39 is 0 Å². The van der Waals surface area contributed by atoms with Crippen molar-refractivity contribution < 1.29 is 4.74 Å². The molecule has 178 valence electrons. The van der Waals surface area contributed by atoms with Crippen LogP contribution in [0.25, 0.3) is 28.2 Å². The minimum Gasteiger partial charge on any atom is -0.382 e. The Balaban J connectivity index is 0.000000603. The van der Waals surface area contributed by atoms with E-state index in [-0.39, 0.29) is 12.2 Å². The van der Waals surface area contributed by atoms with Gasteiger partial charge in [0.15, 0.2) is 5.65 Å². The van der Waals surface area contributed by atoms with Crippen LogP contribution in [0.1, 0.15) is 40.5 Å². The monoisotopic (exact) mass is 460 g/mol. The van der Waals surface area contributed by atoms with Gasteiger partial charge in [-0.25, -0.2) is 19.9 Å². The Morgan fingerprint density at radius 3 is 2.41 bits per heavy atom. The lowest BCUT2D eigenvalue weighted by Gasteiger charge is -2.32. The maximum absolute atomic E-state index is 5.97. The van der Waals surface area contributed by atoms with Gasteiger partial charge >= 0.3 is 0 Å². The highest BCUT2D eigenvalue weighted by Crippen LogP contribution is 2.32. The molecule has 2 atom stereocenters. The molecule has 2 fully saturated rings. The van der Waals surface area contributed by atoms with Gasteiger partial charge in [0.25, 0.3) is 0 Å². The van der Waals surface area contributed by atoms with Crippen molar-refractivity contribution in [3.8, 4) is 23.7 Å². The zero-order chi connectivity index (χ0) is 24.7. The number of morpholine rings is 1. The fourth-order valence-corrected chi connectivity index (χ4v) is 3.99. The molecular weight excluding hydrogens is 428 g/mol. The molecule has 2 aliphatic heterocycles. The Morgan fingerprint density at radius 2 is 1.85 bits per heavy atom.